The van der Waals surface area contributed by atoms with Gasteiger partial charge >= 0.3 is 6.03 Å². The second-order valence-corrected chi connectivity index (χ2v) is 6.68. The molecule has 8 nitrogen and oxygen atoms in total. The van der Waals surface area contributed by atoms with Gasteiger partial charge in [-0.15, -0.1) is 0 Å². The zero-order chi connectivity index (χ0) is 17.9. The largest absolute Gasteiger partial charge is 0.334 e. The van der Waals surface area contributed by atoms with E-state index in [0.717, 1.165) is 0 Å². The second-order valence-electron chi connectivity index (χ2n) is 4.56. The fraction of sp³-hybridized carbons (Fsp3) is 0.0714. The van der Waals surface area contributed by atoms with E-state index in [-0.39, 0.29) is 16.3 Å². The molecule has 2 rings (SSSR count). The van der Waals surface area contributed by atoms with Crippen molar-refractivity contribution in [2.45, 2.75) is 11.8 Å². The van der Waals surface area contributed by atoms with Gasteiger partial charge in [0.05, 0.1) is 10.6 Å². The average Bonchev–Trinajstić information content (AvgIpc) is 2.81. The van der Waals surface area contributed by atoms with Crippen molar-refractivity contribution in [2.24, 2.45) is 0 Å². The van der Waals surface area contributed by atoms with E-state index in [9.17, 15) is 13.2 Å². The highest BCUT2D eigenvalue weighted by atomic mass is 35.5. The maximum absolute atomic E-state index is 12.1. The Morgan fingerprint density at radius 2 is 2.04 bits per heavy atom. The third-order valence-electron chi connectivity index (χ3n) is 2.95. The molecule has 10 heteroatoms. The molecule has 1 aromatic heterocycles. The summed E-state index contributed by atoms with van der Waals surface area (Å²) in [7, 11) is -4.09. The zero-order valence-corrected chi connectivity index (χ0v) is 14.0. The minimum Gasteiger partial charge on any atom is -0.290 e. The fourth-order valence-corrected chi connectivity index (χ4v) is 2.89. The molecule has 0 bridgehead atoms. The summed E-state index contributed by atoms with van der Waals surface area (Å²) in [5.74, 6) is 0.0220. The SMILES string of the molecule is C=Cn1nc(C)c(C#N)c1NC(=O)NS(=O)(=O)c1ccc(Cl)cc1. The van der Waals surface area contributed by atoms with Gasteiger partial charge in [-0.2, -0.15) is 10.4 Å². The highest BCUT2D eigenvalue weighted by molar-refractivity contribution is 7.90. The third kappa shape index (κ3) is 3.56. The van der Waals surface area contributed by atoms with Crippen molar-refractivity contribution in [3.05, 3.63) is 47.1 Å². The van der Waals surface area contributed by atoms with Crippen LogP contribution in [-0.4, -0.2) is 24.2 Å². The monoisotopic (exact) mass is 365 g/mol. The first-order valence-electron chi connectivity index (χ1n) is 6.49. The van der Waals surface area contributed by atoms with Crippen LogP contribution in [0.1, 0.15) is 11.3 Å². The van der Waals surface area contributed by atoms with E-state index in [1.165, 1.54) is 35.1 Å². The van der Waals surface area contributed by atoms with Crippen LogP contribution < -0.4 is 10.0 Å². The summed E-state index contributed by atoms with van der Waals surface area (Å²) in [5, 5.41) is 15.8. The lowest BCUT2D eigenvalue weighted by molar-refractivity contribution is 0.256. The Kier molecular flexibility index (Phi) is 4.92. The van der Waals surface area contributed by atoms with Crippen LogP contribution in [0.4, 0.5) is 10.6 Å². The van der Waals surface area contributed by atoms with Gasteiger partial charge in [-0.25, -0.2) is 22.6 Å². The predicted octanol–water partition coefficient (Wildman–Crippen LogP) is 2.33. The quantitative estimate of drug-likeness (QED) is 0.862. The van der Waals surface area contributed by atoms with Gasteiger partial charge in [-0.3, -0.25) is 5.32 Å². The minimum atomic E-state index is -4.09. The number of nitrogens with zero attached hydrogens (tertiary/aromatic N) is 3. The summed E-state index contributed by atoms with van der Waals surface area (Å²) >= 11 is 5.70. The Hall–Kier alpha value is -2.83. The van der Waals surface area contributed by atoms with Gasteiger partial charge in [-0.05, 0) is 31.2 Å². The number of aromatic nitrogens is 2. The number of hydrogen-bond acceptors (Lipinski definition) is 5. The topological polar surface area (TPSA) is 117 Å². The highest BCUT2D eigenvalue weighted by Gasteiger charge is 2.21. The van der Waals surface area contributed by atoms with Crippen LogP contribution in [0, 0.1) is 18.3 Å². The lowest BCUT2D eigenvalue weighted by atomic mass is 10.3. The minimum absolute atomic E-state index is 0.0220. The Labute approximate surface area is 143 Å². The Morgan fingerprint density at radius 1 is 1.42 bits per heavy atom. The van der Waals surface area contributed by atoms with Crippen LogP contribution in [0.25, 0.3) is 6.20 Å². The molecular formula is C14H12ClN5O3S. The molecule has 0 aliphatic rings. The summed E-state index contributed by atoms with van der Waals surface area (Å²) in [5.41, 5.74) is 0.474. The van der Waals surface area contributed by atoms with Crippen molar-refractivity contribution in [3.8, 4) is 6.07 Å². The molecule has 0 radical (unpaired) electrons. The van der Waals surface area contributed by atoms with Crippen LogP contribution >= 0.6 is 11.6 Å². The number of urea groups is 1. The maximum atomic E-state index is 12.1. The number of carbonyl (C=O) groups excluding carboxylic acids is 1. The highest BCUT2D eigenvalue weighted by Crippen LogP contribution is 2.19. The van der Waals surface area contributed by atoms with E-state index in [0.29, 0.717) is 10.7 Å². The van der Waals surface area contributed by atoms with Crippen LogP contribution in [0.15, 0.2) is 35.7 Å². The van der Waals surface area contributed by atoms with Crippen molar-refractivity contribution in [3.63, 3.8) is 0 Å². The Bertz CT molecular complexity index is 942. The number of anilines is 1. The number of benzene rings is 1. The van der Waals surface area contributed by atoms with Gasteiger partial charge in [0.2, 0.25) is 0 Å². The predicted molar refractivity (Wildman–Crippen MR) is 88.9 cm³/mol. The molecule has 2 N–H and O–H groups in total. The van der Waals surface area contributed by atoms with Crippen molar-refractivity contribution >= 4 is 39.7 Å². The number of rotatable bonds is 4. The molecule has 0 aliphatic carbocycles. The first kappa shape index (κ1) is 17.5. The standard InChI is InChI=1S/C14H12ClN5O3S/c1-3-20-13(12(8-16)9(2)18-20)17-14(21)19-24(22,23)11-6-4-10(15)5-7-11/h3-7H,1H2,2H3,(H2,17,19,21). The molecule has 2 amide bonds. The molecule has 0 fully saturated rings. The van der Waals surface area contributed by atoms with Crippen molar-refractivity contribution in [1.29, 1.82) is 5.26 Å². The number of carbonyl (C=O) groups is 1. The summed E-state index contributed by atoms with van der Waals surface area (Å²) in [6, 6.07) is 6.14. The molecule has 0 spiro atoms. The first-order valence-corrected chi connectivity index (χ1v) is 8.35. The molecule has 0 saturated heterocycles. The van der Waals surface area contributed by atoms with Crippen molar-refractivity contribution in [2.75, 3.05) is 5.32 Å². The maximum Gasteiger partial charge on any atom is 0.334 e. The summed E-state index contributed by atoms with van der Waals surface area (Å²) in [4.78, 5) is 11.9. The van der Waals surface area contributed by atoms with Crippen LogP contribution in [0.5, 0.6) is 0 Å². The van der Waals surface area contributed by atoms with Gasteiger partial charge < -0.3 is 0 Å². The number of sulfonamides is 1. The normalized spacial score (nSPS) is 10.7. The number of hydrogen-bond donors (Lipinski definition) is 2. The van der Waals surface area contributed by atoms with Crippen molar-refractivity contribution in [1.82, 2.24) is 14.5 Å². The number of nitrogens with one attached hydrogen (secondary N) is 2. The lowest BCUT2D eigenvalue weighted by Gasteiger charge is -2.09. The molecule has 0 unspecified atom stereocenters. The third-order valence-corrected chi connectivity index (χ3v) is 4.55. The lowest BCUT2D eigenvalue weighted by Crippen LogP contribution is -2.35. The Balaban J connectivity index is 2.24. The summed E-state index contributed by atoms with van der Waals surface area (Å²) in [6.07, 6.45) is 1.27. The molecule has 124 valence electrons. The Morgan fingerprint density at radius 3 is 2.58 bits per heavy atom. The van der Waals surface area contributed by atoms with Gasteiger partial charge in [0.15, 0.2) is 5.82 Å². The van der Waals surface area contributed by atoms with E-state index in [4.69, 9.17) is 16.9 Å². The van der Waals surface area contributed by atoms with Crippen LogP contribution in [0.2, 0.25) is 5.02 Å². The molecule has 0 saturated carbocycles. The molecule has 2 aromatic rings. The molecule has 1 heterocycles. The van der Waals surface area contributed by atoms with Gasteiger partial charge in [0.1, 0.15) is 11.6 Å². The smallest absolute Gasteiger partial charge is 0.290 e. The molecule has 24 heavy (non-hydrogen) atoms. The number of halogens is 1. The second kappa shape index (κ2) is 6.74. The molecular weight excluding hydrogens is 354 g/mol. The van der Waals surface area contributed by atoms with E-state index in [1.54, 1.807) is 6.92 Å². The van der Waals surface area contributed by atoms with Crippen molar-refractivity contribution < 1.29 is 13.2 Å². The molecule has 0 atom stereocenters. The van der Waals surface area contributed by atoms with Gasteiger partial charge in [0, 0.05) is 11.2 Å². The van der Waals surface area contributed by atoms with Crippen LogP contribution in [0.3, 0.4) is 0 Å². The summed E-state index contributed by atoms with van der Waals surface area (Å²) in [6.45, 7) is 5.08. The van der Waals surface area contributed by atoms with E-state index < -0.39 is 16.1 Å². The van der Waals surface area contributed by atoms with Gasteiger partial charge in [0.25, 0.3) is 10.0 Å². The molecule has 0 aliphatic heterocycles. The van der Waals surface area contributed by atoms with E-state index >= 15 is 0 Å². The van der Waals surface area contributed by atoms with E-state index in [1.807, 2.05) is 10.8 Å². The van der Waals surface area contributed by atoms with E-state index in [2.05, 4.69) is 17.0 Å². The number of nitriles is 1. The zero-order valence-electron chi connectivity index (χ0n) is 12.4. The molecule has 1 aromatic carbocycles. The van der Waals surface area contributed by atoms with Crippen LogP contribution in [-0.2, 0) is 10.0 Å². The van der Waals surface area contributed by atoms with Gasteiger partial charge in [-0.1, -0.05) is 18.2 Å². The fourth-order valence-electron chi connectivity index (χ4n) is 1.86. The number of aryl methyl sites for hydroxylation is 1. The summed E-state index contributed by atoms with van der Waals surface area (Å²) < 4.78 is 27.3. The first-order chi connectivity index (χ1) is 11.3. The average molecular weight is 366 g/mol. The number of amides is 2.